The van der Waals surface area contributed by atoms with Gasteiger partial charge in [-0.1, -0.05) is 20.3 Å². The van der Waals surface area contributed by atoms with E-state index in [0.29, 0.717) is 12.6 Å². The van der Waals surface area contributed by atoms with Crippen molar-refractivity contribution in [1.82, 2.24) is 5.32 Å². The molecule has 0 bridgehead atoms. The first kappa shape index (κ1) is 13.9. The molecule has 86 valence electrons. The van der Waals surface area contributed by atoms with Gasteiger partial charge in [0.2, 0.25) is 0 Å². The first-order chi connectivity index (χ1) is 6.64. The zero-order chi connectivity index (χ0) is 11.0. The van der Waals surface area contributed by atoms with Crippen LogP contribution in [-0.2, 0) is 0 Å². The van der Waals surface area contributed by atoms with E-state index in [9.17, 15) is 0 Å². The highest BCUT2D eigenvalue weighted by Crippen LogP contribution is 2.17. The van der Waals surface area contributed by atoms with Gasteiger partial charge in [0.15, 0.2) is 0 Å². The smallest absolute Gasteiger partial charge is 0.0445 e. The van der Waals surface area contributed by atoms with Crippen molar-refractivity contribution in [3.05, 3.63) is 0 Å². The zero-order valence-electron chi connectivity index (χ0n) is 9.84. The molecule has 14 heavy (non-hydrogen) atoms. The summed E-state index contributed by atoms with van der Waals surface area (Å²) in [5, 5.41) is 12.4. The van der Waals surface area contributed by atoms with Crippen LogP contribution in [0.3, 0.4) is 0 Å². The van der Waals surface area contributed by atoms with E-state index in [4.69, 9.17) is 10.8 Å². The van der Waals surface area contributed by atoms with Crippen LogP contribution in [0.5, 0.6) is 0 Å². The third-order valence-corrected chi connectivity index (χ3v) is 2.91. The molecular weight excluding hydrogens is 176 g/mol. The van der Waals surface area contributed by atoms with Gasteiger partial charge in [0.05, 0.1) is 0 Å². The van der Waals surface area contributed by atoms with E-state index in [1.807, 2.05) is 0 Å². The highest BCUT2D eigenvalue weighted by molar-refractivity contribution is 4.89. The van der Waals surface area contributed by atoms with Crippen molar-refractivity contribution >= 4 is 0 Å². The minimum absolute atomic E-state index is 0.0728. The molecule has 0 rings (SSSR count). The van der Waals surface area contributed by atoms with Crippen LogP contribution in [-0.4, -0.2) is 29.8 Å². The largest absolute Gasteiger partial charge is 0.396 e. The molecule has 0 saturated carbocycles. The van der Waals surface area contributed by atoms with Crippen molar-refractivity contribution in [2.45, 2.75) is 58.0 Å². The Hall–Kier alpha value is -0.120. The van der Waals surface area contributed by atoms with Gasteiger partial charge >= 0.3 is 0 Å². The van der Waals surface area contributed by atoms with Crippen LogP contribution >= 0.6 is 0 Å². The van der Waals surface area contributed by atoms with Crippen LogP contribution < -0.4 is 11.1 Å². The first-order valence-electron chi connectivity index (χ1n) is 5.72. The summed E-state index contributed by atoms with van der Waals surface area (Å²) in [5.74, 6) is 0. The SMILES string of the molecule is CCCC(CC)(CN)NC(C)CCO. The van der Waals surface area contributed by atoms with Crippen molar-refractivity contribution in [2.24, 2.45) is 5.73 Å². The Balaban J connectivity index is 4.18. The van der Waals surface area contributed by atoms with E-state index >= 15 is 0 Å². The van der Waals surface area contributed by atoms with Crippen molar-refractivity contribution in [1.29, 1.82) is 0 Å². The third kappa shape index (κ3) is 4.40. The summed E-state index contributed by atoms with van der Waals surface area (Å²) in [4.78, 5) is 0. The number of aliphatic hydroxyl groups excluding tert-OH is 1. The molecule has 0 aromatic carbocycles. The predicted octanol–water partition coefficient (Wildman–Crippen LogP) is 1.25. The maximum atomic E-state index is 8.84. The normalized spacial score (nSPS) is 17.8. The Kier molecular flexibility index (Phi) is 7.15. The lowest BCUT2D eigenvalue weighted by Crippen LogP contribution is -2.54. The quantitative estimate of drug-likeness (QED) is 0.555. The van der Waals surface area contributed by atoms with Gasteiger partial charge in [0.1, 0.15) is 0 Å². The van der Waals surface area contributed by atoms with Crippen LogP contribution in [0.1, 0.15) is 46.5 Å². The fraction of sp³-hybridized carbons (Fsp3) is 1.00. The highest BCUT2D eigenvalue weighted by atomic mass is 16.3. The van der Waals surface area contributed by atoms with E-state index in [-0.39, 0.29) is 12.1 Å². The van der Waals surface area contributed by atoms with E-state index < -0.39 is 0 Å². The number of nitrogens with two attached hydrogens (primary N) is 1. The molecule has 3 nitrogen and oxygen atoms in total. The average molecular weight is 202 g/mol. The molecular formula is C11H26N2O. The minimum Gasteiger partial charge on any atom is -0.396 e. The van der Waals surface area contributed by atoms with Crippen LogP contribution in [0.2, 0.25) is 0 Å². The summed E-state index contributed by atoms with van der Waals surface area (Å²) in [6, 6.07) is 0.343. The summed E-state index contributed by atoms with van der Waals surface area (Å²) in [5.41, 5.74) is 5.90. The molecule has 0 aromatic heterocycles. The van der Waals surface area contributed by atoms with Gasteiger partial charge in [-0.05, 0) is 26.2 Å². The van der Waals surface area contributed by atoms with E-state index in [0.717, 1.165) is 25.7 Å². The molecule has 2 atom stereocenters. The molecule has 0 spiro atoms. The second-order valence-corrected chi connectivity index (χ2v) is 4.15. The number of rotatable bonds is 8. The number of nitrogens with one attached hydrogen (secondary N) is 1. The van der Waals surface area contributed by atoms with Gasteiger partial charge in [-0.25, -0.2) is 0 Å². The van der Waals surface area contributed by atoms with Crippen molar-refractivity contribution in [3.8, 4) is 0 Å². The molecule has 4 N–H and O–H groups in total. The molecule has 0 aliphatic rings. The second kappa shape index (κ2) is 7.21. The maximum Gasteiger partial charge on any atom is 0.0445 e. The van der Waals surface area contributed by atoms with Gasteiger partial charge < -0.3 is 16.2 Å². The molecule has 0 radical (unpaired) electrons. The maximum absolute atomic E-state index is 8.84. The Morgan fingerprint density at radius 1 is 1.43 bits per heavy atom. The summed E-state index contributed by atoms with van der Waals surface area (Å²) in [6.07, 6.45) is 4.10. The number of hydrogen-bond donors (Lipinski definition) is 3. The molecule has 0 amide bonds. The Labute approximate surface area is 88.1 Å². The second-order valence-electron chi connectivity index (χ2n) is 4.15. The number of aliphatic hydroxyl groups is 1. The van der Waals surface area contributed by atoms with Crippen molar-refractivity contribution < 1.29 is 5.11 Å². The lowest BCUT2D eigenvalue weighted by Gasteiger charge is -2.35. The zero-order valence-corrected chi connectivity index (χ0v) is 9.84. The first-order valence-corrected chi connectivity index (χ1v) is 5.72. The lowest BCUT2D eigenvalue weighted by molar-refractivity contribution is 0.223. The van der Waals surface area contributed by atoms with Gasteiger partial charge in [-0.2, -0.15) is 0 Å². The van der Waals surface area contributed by atoms with Crippen LogP contribution in [0.4, 0.5) is 0 Å². The molecule has 0 aliphatic heterocycles. The summed E-state index contributed by atoms with van der Waals surface area (Å²) < 4.78 is 0. The third-order valence-electron chi connectivity index (χ3n) is 2.91. The van der Waals surface area contributed by atoms with E-state index in [1.54, 1.807) is 0 Å². The Morgan fingerprint density at radius 2 is 2.07 bits per heavy atom. The van der Waals surface area contributed by atoms with E-state index in [2.05, 4.69) is 26.1 Å². The standard InChI is InChI=1S/C11H26N2O/c1-4-7-11(5-2,9-12)13-10(3)6-8-14/h10,13-14H,4-9,12H2,1-3H3. The van der Waals surface area contributed by atoms with Gasteiger partial charge in [-0.3, -0.25) is 0 Å². The molecule has 0 heterocycles. The summed E-state index contributed by atoms with van der Waals surface area (Å²) in [6.45, 7) is 7.36. The highest BCUT2D eigenvalue weighted by Gasteiger charge is 2.26. The Morgan fingerprint density at radius 3 is 2.43 bits per heavy atom. The fourth-order valence-corrected chi connectivity index (χ4v) is 1.92. The van der Waals surface area contributed by atoms with Gasteiger partial charge in [-0.15, -0.1) is 0 Å². The topological polar surface area (TPSA) is 58.3 Å². The summed E-state index contributed by atoms with van der Waals surface area (Å²) >= 11 is 0. The van der Waals surface area contributed by atoms with Crippen LogP contribution in [0, 0.1) is 0 Å². The Bertz CT molecular complexity index is 135. The van der Waals surface area contributed by atoms with E-state index in [1.165, 1.54) is 0 Å². The molecule has 2 unspecified atom stereocenters. The fourth-order valence-electron chi connectivity index (χ4n) is 1.92. The minimum atomic E-state index is 0.0728. The van der Waals surface area contributed by atoms with Crippen molar-refractivity contribution in [3.63, 3.8) is 0 Å². The predicted molar refractivity (Wildman–Crippen MR) is 61.3 cm³/mol. The lowest BCUT2D eigenvalue weighted by atomic mass is 9.89. The van der Waals surface area contributed by atoms with Gasteiger partial charge in [0, 0.05) is 24.7 Å². The van der Waals surface area contributed by atoms with Gasteiger partial charge in [0.25, 0.3) is 0 Å². The summed E-state index contributed by atoms with van der Waals surface area (Å²) in [7, 11) is 0. The van der Waals surface area contributed by atoms with Crippen molar-refractivity contribution in [2.75, 3.05) is 13.2 Å². The van der Waals surface area contributed by atoms with Crippen LogP contribution in [0.15, 0.2) is 0 Å². The number of hydrogen-bond acceptors (Lipinski definition) is 3. The van der Waals surface area contributed by atoms with Crippen LogP contribution in [0.25, 0.3) is 0 Å². The molecule has 3 heteroatoms. The molecule has 0 fully saturated rings. The molecule has 0 saturated heterocycles. The molecule has 0 aliphatic carbocycles. The average Bonchev–Trinajstić information content (AvgIpc) is 2.17. The molecule has 0 aromatic rings. The monoisotopic (exact) mass is 202 g/mol.